The van der Waals surface area contributed by atoms with Crippen LogP contribution in [0.1, 0.15) is 39.2 Å². The van der Waals surface area contributed by atoms with Crippen LogP contribution in [0.2, 0.25) is 0 Å². The molecule has 0 atom stereocenters. The first-order valence-electron chi connectivity index (χ1n) is 8.76. The van der Waals surface area contributed by atoms with Crippen LogP contribution in [0.15, 0.2) is 30.3 Å². The van der Waals surface area contributed by atoms with E-state index in [0.29, 0.717) is 6.54 Å². The average molecular weight is 334 g/mol. The maximum atomic E-state index is 12.4. The molecule has 1 heterocycles. The number of benzene rings is 1. The summed E-state index contributed by atoms with van der Waals surface area (Å²) in [4.78, 5) is 16.5. The van der Waals surface area contributed by atoms with Gasteiger partial charge in [-0.15, -0.1) is 0 Å². The molecule has 134 valence electrons. The number of amides is 1. The fourth-order valence-corrected chi connectivity index (χ4v) is 3.08. The smallest absolute Gasteiger partial charge is 0.410 e. The van der Waals surface area contributed by atoms with Gasteiger partial charge in [0.25, 0.3) is 0 Å². The summed E-state index contributed by atoms with van der Waals surface area (Å²) in [5.41, 5.74) is 0.800. The summed E-state index contributed by atoms with van der Waals surface area (Å²) in [5, 5.41) is 9.30. The maximum absolute atomic E-state index is 12.4. The number of likely N-dealkylation sites (tertiary alicyclic amines) is 1. The number of rotatable bonds is 5. The molecule has 5 heteroatoms. The number of hydrogen-bond donors (Lipinski definition) is 1. The van der Waals surface area contributed by atoms with Crippen LogP contribution in [-0.2, 0) is 11.3 Å². The van der Waals surface area contributed by atoms with Crippen LogP contribution >= 0.6 is 0 Å². The van der Waals surface area contributed by atoms with Gasteiger partial charge in [0.2, 0.25) is 0 Å². The Labute approximate surface area is 145 Å². The number of ether oxygens (including phenoxy) is 1. The summed E-state index contributed by atoms with van der Waals surface area (Å²) in [6.45, 7) is 8.73. The first kappa shape index (κ1) is 18.7. The fraction of sp³-hybridized carbons (Fsp3) is 0.632. The minimum absolute atomic E-state index is 0.0382. The molecular formula is C19H30N2O3. The minimum atomic E-state index is -0.515. The first-order chi connectivity index (χ1) is 11.4. The molecule has 1 aromatic rings. The summed E-state index contributed by atoms with van der Waals surface area (Å²) < 4.78 is 5.49. The second-order valence-corrected chi connectivity index (χ2v) is 7.39. The number of piperidine rings is 1. The molecule has 5 nitrogen and oxygen atoms in total. The van der Waals surface area contributed by atoms with Crippen LogP contribution < -0.4 is 0 Å². The van der Waals surface area contributed by atoms with Gasteiger partial charge in [-0.05, 0) is 39.2 Å². The van der Waals surface area contributed by atoms with Gasteiger partial charge in [0.1, 0.15) is 5.60 Å². The third-order valence-electron chi connectivity index (χ3n) is 4.22. The van der Waals surface area contributed by atoms with Crippen molar-refractivity contribution in [2.75, 3.05) is 26.2 Å². The van der Waals surface area contributed by atoms with Crippen molar-refractivity contribution >= 4 is 6.09 Å². The third kappa shape index (κ3) is 5.80. The van der Waals surface area contributed by atoms with E-state index in [1.807, 2.05) is 26.8 Å². The molecule has 1 aromatic carbocycles. The van der Waals surface area contributed by atoms with Gasteiger partial charge in [0.15, 0.2) is 0 Å². The van der Waals surface area contributed by atoms with E-state index in [9.17, 15) is 9.90 Å². The molecule has 0 unspecified atom stereocenters. The molecule has 0 spiro atoms. The zero-order chi connectivity index (χ0) is 17.6. The Morgan fingerprint density at radius 2 is 1.88 bits per heavy atom. The van der Waals surface area contributed by atoms with Crippen LogP contribution in [0.25, 0.3) is 0 Å². The summed E-state index contributed by atoms with van der Waals surface area (Å²) >= 11 is 0. The van der Waals surface area contributed by atoms with E-state index in [2.05, 4.69) is 29.2 Å². The maximum Gasteiger partial charge on any atom is 0.410 e. The third-order valence-corrected chi connectivity index (χ3v) is 4.22. The molecule has 1 amide bonds. The summed E-state index contributed by atoms with van der Waals surface area (Å²) in [7, 11) is 0. The van der Waals surface area contributed by atoms with Gasteiger partial charge in [0.05, 0.1) is 6.61 Å². The van der Waals surface area contributed by atoms with Gasteiger partial charge in [0, 0.05) is 32.2 Å². The molecule has 2 rings (SSSR count). The predicted octanol–water partition coefficient (Wildman–Crippen LogP) is 2.88. The van der Waals surface area contributed by atoms with E-state index >= 15 is 0 Å². The Balaban J connectivity index is 1.89. The van der Waals surface area contributed by atoms with Gasteiger partial charge >= 0.3 is 6.09 Å². The lowest BCUT2D eigenvalue weighted by Gasteiger charge is -2.38. The fourth-order valence-electron chi connectivity index (χ4n) is 3.08. The topological polar surface area (TPSA) is 53.0 Å². The molecule has 1 fully saturated rings. The SMILES string of the molecule is CC(C)(C)OC(=O)N(CCO)C1CCN(Cc2ccccc2)CC1. The average Bonchev–Trinajstić information content (AvgIpc) is 2.53. The molecule has 24 heavy (non-hydrogen) atoms. The van der Waals surface area contributed by atoms with Crippen LogP contribution in [0.3, 0.4) is 0 Å². The normalized spacial score (nSPS) is 16.8. The predicted molar refractivity (Wildman–Crippen MR) is 94.8 cm³/mol. The second-order valence-electron chi connectivity index (χ2n) is 7.39. The molecule has 0 aromatic heterocycles. The number of carbonyl (C=O) groups is 1. The Hall–Kier alpha value is -1.59. The standard InChI is InChI=1S/C19H30N2O3/c1-19(2,3)24-18(23)21(13-14-22)17-9-11-20(12-10-17)15-16-7-5-4-6-8-16/h4-8,17,22H,9-15H2,1-3H3. The van der Waals surface area contributed by atoms with Crippen molar-refractivity contribution in [3.05, 3.63) is 35.9 Å². The lowest BCUT2D eigenvalue weighted by Crippen LogP contribution is -2.49. The number of nitrogens with zero attached hydrogens (tertiary/aromatic N) is 2. The van der Waals surface area contributed by atoms with E-state index < -0.39 is 5.60 Å². The van der Waals surface area contributed by atoms with Crippen molar-refractivity contribution < 1.29 is 14.6 Å². The Kier molecular flexibility index (Phi) is 6.63. The van der Waals surface area contributed by atoms with Crippen LogP contribution in [-0.4, -0.2) is 58.9 Å². The van der Waals surface area contributed by atoms with Crippen LogP contribution in [0.4, 0.5) is 4.79 Å². The molecule has 1 aliphatic heterocycles. The zero-order valence-electron chi connectivity index (χ0n) is 15.1. The van der Waals surface area contributed by atoms with Crippen molar-refractivity contribution in [1.29, 1.82) is 0 Å². The monoisotopic (exact) mass is 334 g/mol. The highest BCUT2D eigenvalue weighted by Gasteiger charge is 2.30. The summed E-state index contributed by atoms with van der Waals surface area (Å²) in [5.74, 6) is 0. The van der Waals surface area contributed by atoms with E-state index in [-0.39, 0.29) is 18.7 Å². The Bertz CT molecular complexity index is 505. The lowest BCUT2D eigenvalue weighted by molar-refractivity contribution is 0.00379. The number of carbonyl (C=O) groups excluding carboxylic acids is 1. The van der Waals surface area contributed by atoms with Gasteiger partial charge in [-0.2, -0.15) is 0 Å². The van der Waals surface area contributed by atoms with Crippen molar-refractivity contribution in [2.24, 2.45) is 0 Å². The summed E-state index contributed by atoms with van der Waals surface area (Å²) in [6, 6.07) is 10.6. The molecule has 0 aliphatic carbocycles. The van der Waals surface area contributed by atoms with Crippen LogP contribution in [0, 0.1) is 0 Å². The quantitative estimate of drug-likeness (QED) is 0.899. The molecule has 0 saturated carbocycles. The number of aliphatic hydroxyl groups excluding tert-OH is 1. The van der Waals surface area contributed by atoms with E-state index in [0.717, 1.165) is 32.5 Å². The molecule has 0 radical (unpaired) electrons. The Morgan fingerprint density at radius 1 is 1.25 bits per heavy atom. The highest BCUT2D eigenvalue weighted by molar-refractivity contribution is 5.68. The van der Waals surface area contributed by atoms with Gasteiger partial charge in [-0.3, -0.25) is 4.90 Å². The molecule has 1 saturated heterocycles. The van der Waals surface area contributed by atoms with Gasteiger partial charge in [-0.25, -0.2) is 4.79 Å². The summed E-state index contributed by atoms with van der Waals surface area (Å²) in [6.07, 6.45) is 1.50. The van der Waals surface area contributed by atoms with Crippen molar-refractivity contribution in [2.45, 2.75) is 51.8 Å². The van der Waals surface area contributed by atoms with E-state index in [4.69, 9.17) is 4.74 Å². The second kappa shape index (κ2) is 8.49. The van der Waals surface area contributed by atoms with Crippen molar-refractivity contribution in [3.63, 3.8) is 0 Å². The zero-order valence-corrected chi connectivity index (χ0v) is 15.1. The highest BCUT2D eigenvalue weighted by atomic mass is 16.6. The lowest BCUT2D eigenvalue weighted by atomic mass is 10.0. The van der Waals surface area contributed by atoms with Gasteiger partial charge in [-0.1, -0.05) is 30.3 Å². The van der Waals surface area contributed by atoms with Crippen LogP contribution in [0.5, 0.6) is 0 Å². The largest absolute Gasteiger partial charge is 0.444 e. The van der Waals surface area contributed by atoms with E-state index in [1.165, 1.54) is 5.56 Å². The number of aliphatic hydroxyl groups is 1. The Morgan fingerprint density at radius 3 is 2.42 bits per heavy atom. The highest BCUT2D eigenvalue weighted by Crippen LogP contribution is 2.20. The number of hydrogen-bond acceptors (Lipinski definition) is 4. The van der Waals surface area contributed by atoms with E-state index in [1.54, 1.807) is 4.90 Å². The minimum Gasteiger partial charge on any atom is -0.444 e. The molecule has 1 N–H and O–H groups in total. The molecule has 1 aliphatic rings. The van der Waals surface area contributed by atoms with Crippen molar-refractivity contribution in [3.8, 4) is 0 Å². The first-order valence-corrected chi connectivity index (χ1v) is 8.76. The molecular weight excluding hydrogens is 304 g/mol. The van der Waals surface area contributed by atoms with Gasteiger partial charge < -0.3 is 14.7 Å². The molecule has 0 bridgehead atoms. The van der Waals surface area contributed by atoms with Crippen molar-refractivity contribution in [1.82, 2.24) is 9.80 Å².